The van der Waals surface area contributed by atoms with Crippen LogP contribution < -0.4 is 15.1 Å². The molecular weight excluding hydrogens is 336 g/mol. The van der Waals surface area contributed by atoms with Gasteiger partial charge in [-0.25, -0.2) is 4.98 Å². The number of hydrogen-bond donors (Lipinski definition) is 1. The highest BCUT2D eigenvalue weighted by molar-refractivity contribution is 5.92. The number of hydrogen-bond acceptors (Lipinski definition) is 4. The second-order valence-corrected chi connectivity index (χ2v) is 7.54. The molecule has 2 heterocycles. The zero-order valence-electron chi connectivity index (χ0n) is 15.8. The molecule has 0 spiro atoms. The molecule has 5 heteroatoms. The molecule has 0 atom stereocenters. The van der Waals surface area contributed by atoms with E-state index in [1.54, 1.807) is 6.20 Å². The van der Waals surface area contributed by atoms with Crippen molar-refractivity contribution in [2.45, 2.75) is 32.1 Å². The van der Waals surface area contributed by atoms with Gasteiger partial charge >= 0.3 is 0 Å². The topological polar surface area (TPSA) is 48.5 Å². The van der Waals surface area contributed by atoms with Crippen LogP contribution in [0.3, 0.4) is 0 Å². The average Bonchev–Trinajstić information content (AvgIpc) is 2.76. The fourth-order valence-electron chi connectivity index (χ4n) is 4.09. The number of pyridine rings is 1. The molecule has 1 aromatic carbocycles. The molecule has 1 saturated heterocycles. The highest BCUT2D eigenvalue weighted by atomic mass is 16.1. The van der Waals surface area contributed by atoms with Crippen molar-refractivity contribution < 1.29 is 4.79 Å². The summed E-state index contributed by atoms with van der Waals surface area (Å²) in [4.78, 5) is 21.7. The molecule has 1 saturated carbocycles. The number of rotatable bonds is 4. The average molecular weight is 364 g/mol. The number of amides is 1. The van der Waals surface area contributed by atoms with Crippen LogP contribution >= 0.6 is 0 Å². The molecule has 1 N–H and O–H groups in total. The van der Waals surface area contributed by atoms with Crippen molar-refractivity contribution in [3.05, 3.63) is 48.7 Å². The van der Waals surface area contributed by atoms with E-state index in [4.69, 9.17) is 0 Å². The van der Waals surface area contributed by atoms with Crippen LogP contribution in [-0.4, -0.2) is 37.1 Å². The fourth-order valence-corrected chi connectivity index (χ4v) is 4.09. The Morgan fingerprint density at radius 1 is 0.889 bits per heavy atom. The van der Waals surface area contributed by atoms with Gasteiger partial charge in [0.05, 0.1) is 11.9 Å². The van der Waals surface area contributed by atoms with E-state index in [-0.39, 0.29) is 11.8 Å². The summed E-state index contributed by atoms with van der Waals surface area (Å²) < 4.78 is 0. The second-order valence-electron chi connectivity index (χ2n) is 7.54. The van der Waals surface area contributed by atoms with Crippen LogP contribution in [0.5, 0.6) is 0 Å². The van der Waals surface area contributed by atoms with Gasteiger partial charge in [-0.3, -0.25) is 4.79 Å². The quantitative estimate of drug-likeness (QED) is 0.893. The molecule has 5 nitrogen and oxygen atoms in total. The van der Waals surface area contributed by atoms with E-state index in [0.717, 1.165) is 50.5 Å². The van der Waals surface area contributed by atoms with Gasteiger partial charge in [0.1, 0.15) is 5.82 Å². The Bertz CT molecular complexity index is 733. The Balaban J connectivity index is 1.31. The Kier molecular flexibility index (Phi) is 5.56. The van der Waals surface area contributed by atoms with Crippen LogP contribution in [0.25, 0.3) is 0 Å². The molecule has 2 aromatic rings. The first-order chi connectivity index (χ1) is 13.3. The first kappa shape index (κ1) is 17.8. The lowest BCUT2D eigenvalue weighted by Gasteiger charge is -2.36. The summed E-state index contributed by atoms with van der Waals surface area (Å²) >= 11 is 0. The predicted molar refractivity (Wildman–Crippen MR) is 110 cm³/mol. The number of anilines is 3. The van der Waals surface area contributed by atoms with Crippen LogP contribution in [0.1, 0.15) is 32.1 Å². The minimum atomic E-state index is 0.153. The molecule has 1 aliphatic heterocycles. The van der Waals surface area contributed by atoms with E-state index in [1.165, 1.54) is 24.9 Å². The molecule has 2 aliphatic rings. The molecule has 4 rings (SSSR count). The van der Waals surface area contributed by atoms with E-state index in [0.29, 0.717) is 0 Å². The maximum absolute atomic E-state index is 12.4. The zero-order chi connectivity index (χ0) is 18.5. The Morgan fingerprint density at radius 2 is 1.59 bits per heavy atom. The third kappa shape index (κ3) is 4.41. The standard InChI is InChI=1S/C22H28N4O/c27-22(18-7-3-1-4-8-18)24-19-11-12-21(23-17-19)26-15-13-25(14-16-26)20-9-5-2-6-10-20/h2,5-6,9-12,17-18H,1,3-4,7-8,13-16H2,(H,24,27). The van der Waals surface area contributed by atoms with Crippen molar-refractivity contribution in [3.63, 3.8) is 0 Å². The van der Waals surface area contributed by atoms with E-state index in [9.17, 15) is 4.79 Å². The van der Waals surface area contributed by atoms with Gasteiger partial charge in [-0.1, -0.05) is 37.5 Å². The van der Waals surface area contributed by atoms with Crippen LogP contribution in [0.4, 0.5) is 17.2 Å². The molecule has 27 heavy (non-hydrogen) atoms. The van der Waals surface area contributed by atoms with E-state index in [2.05, 4.69) is 50.4 Å². The maximum atomic E-state index is 12.4. The minimum absolute atomic E-state index is 0.153. The van der Waals surface area contributed by atoms with Crippen LogP contribution in [0.15, 0.2) is 48.7 Å². The van der Waals surface area contributed by atoms with Crippen molar-refractivity contribution >= 4 is 23.1 Å². The number of carbonyl (C=O) groups excluding carboxylic acids is 1. The highest BCUT2D eigenvalue weighted by Gasteiger charge is 2.21. The summed E-state index contributed by atoms with van der Waals surface area (Å²) in [7, 11) is 0. The largest absolute Gasteiger partial charge is 0.368 e. The van der Waals surface area contributed by atoms with E-state index < -0.39 is 0 Å². The maximum Gasteiger partial charge on any atom is 0.227 e. The molecule has 1 aromatic heterocycles. The van der Waals surface area contributed by atoms with Gasteiger partial charge in [-0.05, 0) is 37.1 Å². The zero-order valence-corrected chi connectivity index (χ0v) is 15.8. The normalized spacial score (nSPS) is 18.4. The molecule has 0 radical (unpaired) electrons. The number of para-hydroxylation sites is 1. The summed E-state index contributed by atoms with van der Waals surface area (Å²) in [5, 5.41) is 3.04. The molecule has 1 aliphatic carbocycles. The minimum Gasteiger partial charge on any atom is -0.368 e. The number of nitrogens with zero attached hydrogens (tertiary/aromatic N) is 3. The number of benzene rings is 1. The first-order valence-electron chi connectivity index (χ1n) is 10.1. The van der Waals surface area contributed by atoms with Gasteiger partial charge in [-0.2, -0.15) is 0 Å². The summed E-state index contributed by atoms with van der Waals surface area (Å²) in [5.74, 6) is 1.31. The lowest BCUT2D eigenvalue weighted by atomic mass is 9.88. The van der Waals surface area contributed by atoms with E-state index >= 15 is 0 Å². The van der Waals surface area contributed by atoms with Crippen molar-refractivity contribution in [1.82, 2.24) is 4.98 Å². The lowest BCUT2D eigenvalue weighted by molar-refractivity contribution is -0.120. The number of nitrogens with one attached hydrogen (secondary N) is 1. The van der Waals surface area contributed by atoms with Gasteiger partial charge in [0, 0.05) is 37.8 Å². The van der Waals surface area contributed by atoms with Crippen molar-refractivity contribution in [1.29, 1.82) is 0 Å². The summed E-state index contributed by atoms with van der Waals surface area (Å²) in [6.07, 6.45) is 7.43. The molecular formula is C22H28N4O. The summed E-state index contributed by atoms with van der Waals surface area (Å²) in [6, 6.07) is 14.6. The van der Waals surface area contributed by atoms with Crippen LogP contribution in [0, 0.1) is 5.92 Å². The summed E-state index contributed by atoms with van der Waals surface area (Å²) in [5.41, 5.74) is 2.09. The molecule has 0 unspecified atom stereocenters. The van der Waals surface area contributed by atoms with Gasteiger partial charge in [0.15, 0.2) is 0 Å². The van der Waals surface area contributed by atoms with Gasteiger partial charge in [0.25, 0.3) is 0 Å². The van der Waals surface area contributed by atoms with Gasteiger partial charge < -0.3 is 15.1 Å². The third-order valence-electron chi connectivity index (χ3n) is 5.72. The first-order valence-corrected chi connectivity index (χ1v) is 10.1. The van der Waals surface area contributed by atoms with Gasteiger partial charge in [-0.15, -0.1) is 0 Å². The lowest BCUT2D eigenvalue weighted by Crippen LogP contribution is -2.46. The number of aromatic nitrogens is 1. The monoisotopic (exact) mass is 364 g/mol. The Hall–Kier alpha value is -2.56. The van der Waals surface area contributed by atoms with Crippen LogP contribution in [-0.2, 0) is 4.79 Å². The van der Waals surface area contributed by atoms with E-state index in [1.807, 2.05) is 12.1 Å². The van der Waals surface area contributed by atoms with Crippen molar-refractivity contribution in [3.8, 4) is 0 Å². The van der Waals surface area contributed by atoms with Crippen LogP contribution in [0.2, 0.25) is 0 Å². The van der Waals surface area contributed by atoms with Crippen molar-refractivity contribution in [2.75, 3.05) is 41.3 Å². The molecule has 142 valence electrons. The number of piperazine rings is 1. The Morgan fingerprint density at radius 3 is 2.26 bits per heavy atom. The molecule has 1 amide bonds. The smallest absolute Gasteiger partial charge is 0.227 e. The Labute approximate surface area is 161 Å². The summed E-state index contributed by atoms with van der Waals surface area (Å²) in [6.45, 7) is 3.89. The highest BCUT2D eigenvalue weighted by Crippen LogP contribution is 2.25. The SMILES string of the molecule is O=C(Nc1ccc(N2CCN(c3ccccc3)CC2)nc1)C1CCCCC1. The third-order valence-corrected chi connectivity index (χ3v) is 5.72. The van der Waals surface area contributed by atoms with Crippen molar-refractivity contribution in [2.24, 2.45) is 5.92 Å². The number of carbonyl (C=O) groups is 1. The second kappa shape index (κ2) is 8.42. The van der Waals surface area contributed by atoms with Gasteiger partial charge in [0.2, 0.25) is 5.91 Å². The fraction of sp³-hybridized carbons (Fsp3) is 0.455. The molecule has 2 fully saturated rings. The predicted octanol–water partition coefficient (Wildman–Crippen LogP) is 3.93. The molecule has 0 bridgehead atoms.